The number of amides is 1. The van der Waals surface area contributed by atoms with Crippen LogP contribution in [-0.4, -0.2) is 50.2 Å². The van der Waals surface area contributed by atoms with Gasteiger partial charge in [0.2, 0.25) is 5.91 Å². The summed E-state index contributed by atoms with van der Waals surface area (Å²) in [5, 5.41) is 2.55. The van der Waals surface area contributed by atoms with Gasteiger partial charge in [-0.1, -0.05) is 6.08 Å². The van der Waals surface area contributed by atoms with E-state index in [1.165, 1.54) is 0 Å². The number of hydrogen-bond donors (Lipinski definition) is 1. The monoisotopic (exact) mass is 198 g/mol. The predicted octanol–water partition coefficient (Wildman–Crippen LogP) is 0.00930. The van der Waals surface area contributed by atoms with E-state index in [2.05, 4.69) is 17.1 Å². The Kier molecular flexibility index (Phi) is 4.62. The van der Waals surface area contributed by atoms with E-state index >= 15 is 0 Å². The molecule has 1 aliphatic heterocycles. The number of rotatable bonds is 3. The largest absolute Gasteiger partial charge is 0.379 e. The Bertz CT molecular complexity index is 210. The summed E-state index contributed by atoms with van der Waals surface area (Å²) in [6, 6.07) is 0.302. The molecule has 1 unspecified atom stereocenters. The molecular formula is C10H18N2O2. The lowest BCUT2D eigenvalue weighted by Gasteiger charge is -2.30. The molecule has 14 heavy (non-hydrogen) atoms. The van der Waals surface area contributed by atoms with Gasteiger partial charge in [0.25, 0.3) is 0 Å². The number of morpholine rings is 1. The molecule has 0 aliphatic carbocycles. The number of nitrogens with zero attached hydrogens (tertiary/aromatic N) is 1. The van der Waals surface area contributed by atoms with E-state index in [0.29, 0.717) is 6.04 Å². The summed E-state index contributed by atoms with van der Waals surface area (Å²) in [5.41, 5.74) is 0. The van der Waals surface area contributed by atoms with Gasteiger partial charge in [0.05, 0.1) is 13.2 Å². The van der Waals surface area contributed by atoms with Crippen molar-refractivity contribution < 1.29 is 9.53 Å². The van der Waals surface area contributed by atoms with Gasteiger partial charge in [-0.05, 0) is 6.92 Å². The van der Waals surface area contributed by atoms with Crippen LogP contribution >= 0.6 is 0 Å². The fraction of sp³-hybridized carbons (Fsp3) is 0.700. The second kappa shape index (κ2) is 5.78. The van der Waals surface area contributed by atoms with E-state index in [0.717, 1.165) is 26.3 Å². The topological polar surface area (TPSA) is 41.6 Å². The number of carbonyl (C=O) groups is 1. The molecule has 1 fully saturated rings. The second-order valence-corrected chi connectivity index (χ2v) is 3.36. The van der Waals surface area contributed by atoms with Gasteiger partial charge in [-0.2, -0.15) is 0 Å². The lowest BCUT2D eigenvalue weighted by Crippen LogP contribution is -2.41. The molecule has 1 atom stereocenters. The summed E-state index contributed by atoms with van der Waals surface area (Å²) in [7, 11) is 1.63. The summed E-state index contributed by atoms with van der Waals surface area (Å²) in [5.74, 6) is -0.0508. The van der Waals surface area contributed by atoms with Crippen molar-refractivity contribution in [3.05, 3.63) is 12.2 Å². The molecule has 1 N–H and O–H groups in total. The maximum atomic E-state index is 11.0. The first kappa shape index (κ1) is 11.2. The maximum Gasteiger partial charge on any atom is 0.243 e. The Labute approximate surface area is 84.9 Å². The Morgan fingerprint density at radius 3 is 2.71 bits per heavy atom. The van der Waals surface area contributed by atoms with Crippen molar-refractivity contribution in [1.29, 1.82) is 0 Å². The van der Waals surface area contributed by atoms with Crippen molar-refractivity contribution in [2.24, 2.45) is 0 Å². The minimum absolute atomic E-state index is 0.0508. The Hall–Kier alpha value is -0.870. The lowest BCUT2D eigenvalue weighted by molar-refractivity contribution is -0.116. The van der Waals surface area contributed by atoms with Crippen LogP contribution in [0.3, 0.4) is 0 Å². The SMILES string of the molecule is CNC(=O)C=CC(C)N1CCOCC1. The Morgan fingerprint density at radius 2 is 2.14 bits per heavy atom. The van der Waals surface area contributed by atoms with E-state index < -0.39 is 0 Å². The van der Waals surface area contributed by atoms with Gasteiger partial charge in [0.1, 0.15) is 0 Å². The fourth-order valence-electron chi connectivity index (χ4n) is 1.42. The van der Waals surface area contributed by atoms with Crippen LogP contribution in [0.15, 0.2) is 12.2 Å². The highest BCUT2D eigenvalue weighted by atomic mass is 16.5. The summed E-state index contributed by atoms with van der Waals surface area (Å²) in [4.78, 5) is 13.3. The van der Waals surface area contributed by atoms with Gasteiger partial charge < -0.3 is 10.1 Å². The van der Waals surface area contributed by atoms with Crippen LogP contribution in [0.1, 0.15) is 6.92 Å². The van der Waals surface area contributed by atoms with Crippen molar-refractivity contribution in [3.8, 4) is 0 Å². The number of ether oxygens (including phenoxy) is 1. The second-order valence-electron chi connectivity index (χ2n) is 3.36. The van der Waals surface area contributed by atoms with Gasteiger partial charge in [-0.25, -0.2) is 0 Å². The van der Waals surface area contributed by atoms with Gasteiger partial charge in [-0.15, -0.1) is 0 Å². The van der Waals surface area contributed by atoms with Crippen molar-refractivity contribution >= 4 is 5.91 Å². The quantitative estimate of drug-likeness (QED) is 0.649. The molecule has 0 aromatic rings. The van der Waals surface area contributed by atoms with Crippen LogP contribution in [-0.2, 0) is 9.53 Å². The zero-order valence-corrected chi connectivity index (χ0v) is 8.82. The molecule has 1 rings (SSSR count). The first-order chi connectivity index (χ1) is 6.74. The summed E-state index contributed by atoms with van der Waals surface area (Å²) < 4.78 is 5.25. The third-order valence-electron chi connectivity index (χ3n) is 2.39. The van der Waals surface area contributed by atoms with Gasteiger partial charge >= 0.3 is 0 Å². The molecule has 0 radical (unpaired) electrons. The zero-order chi connectivity index (χ0) is 10.4. The maximum absolute atomic E-state index is 11.0. The molecule has 0 aromatic heterocycles. The molecule has 4 heteroatoms. The molecule has 1 saturated heterocycles. The predicted molar refractivity (Wildman–Crippen MR) is 55.1 cm³/mol. The molecule has 0 saturated carbocycles. The normalized spacial score (nSPS) is 21.0. The van der Waals surface area contributed by atoms with Crippen LogP contribution in [0, 0.1) is 0 Å². The molecule has 4 nitrogen and oxygen atoms in total. The highest BCUT2D eigenvalue weighted by Crippen LogP contribution is 2.04. The highest BCUT2D eigenvalue weighted by Gasteiger charge is 2.14. The van der Waals surface area contributed by atoms with E-state index in [9.17, 15) is 4.79 Å². The zero-order valence-electron chi connectivity index (χ0n) is 8.82. The molecular weight excluding hydrogens is 180 g/mol. The van der Waals surface area contributed by atoms with Crippen LogP contribution in [0.4, 0.5) is 0 Å². The summed E-state index contributed by atoms with van der Waals surface area (Å²) >= 11 is 0. The van der Waals surface area contributed by atoms with Crippen LogP contribution in [0.2, 0.25) is 0 Å². The Balaban J connectivity index is 2.35. The molecule has 0 spiro atoms. The molecule has 1 amide bonds. The van der Waals surface area contributed by atoms with Gasteiger partial charge in [0, 0.05) is 32.3 Å². The molecule has 0 aromatic carbocycles. The van der Waals surface area contributed by atoms with Crippen LogP contribution in [0.5, 0.6) is 0 Å². The Morgan fingerprint density at radius 1 is 1.50 bits per heavy atom. The van der Waals surface area contributed by atoms with Crippen LogP contribution in [0.25, 0.3) is 0 Å². The smallest absolute Gasteiger partial charge is 0.243 e. The average Bonchev–Trinajstić information content (AvgIpc) is 2.26. The highest BCUT2D eigenvalue weighted by molar-refractivity contribution is 5.87. The van der Waals surface area contributed by atoms with Crippen molar-refractivity contribution in [2.75, 3.05) is 33.4 Å². The van der Waals surface area contributed by atoms with Crippen LogP contribution < -0.4 is 5.32 Å². The molecule has 1 aliphatic rings. The lowest BCUT2D eigenvalue weighted by atomic mass is 10.2. The summed E-state index contributed by atoms with van der Waals surface area (Å²) in [6.45, 7) is 5.56. The minimum Gasteiger partial charge on any atom is -0.379 e. The van der Waals surface area contributed by atoms with E-state index in [-0.39, 0.29) is 5.91 Å². The van der Waals surface area contributed by atoms with Crippen molar-refractivity contribution in [1.82, 2.24) is 10.2 Å². The van der Waals surface area contributed by atoms with E-state index in [4.69, 9.17) is 4.74 Å². The first-order valence-electron chi connectivity index (χ1n) is 4.95. The van der Waals surface area contributed by atoms with E-state index in [1.54, 1.807) is 13.1 Å². The van der Waals surface area contributed by atoms with Crippen molar-refractivity contribution in [3.63, 3.8) is 0 Å². The number of nitrogens with one attached hydrogen (secondary N) is 1. The van der Waals surface area contributed by atoms with E-state index in [1.807, 2.05) is 6.08 Å². The standard InChI is InChI=1S/C10H18N2O2/c1-9(3-4-10(13)11-2)12-5-7-14-8-6-12/h3-4,9H,5-8H2,1-2H3,(H,11,13). The average molecular weight is 198 g/mol. The van der Waals surface area contributed by atoms with Crippen molar-refractivity contribution in [2.45, 2.75) is 13.0 Å². The first-order valence-corrected chi connectivity index (χ1v) is 4.95. The molecule has 80 valence electrons. The third-order valence-corrected chi connectivity index (χ3v) is 2.39. The molecule has 1 heterocycles. The number of hydrogen-bond acceptors (Lipinski definition) is 3. The molecule has 0 bridgehead atoms. The number of likely N-dealkylation sites (N-methyl/N-ethyl adjacent to an activating group) is 1. The number of carbonyl (C=O) groups excluding carboxylic acids is 1. The minimum atomic E-state index is -0.0508. The summed E-state index contributed by atoms with van der Waals surface area (Å²) in [6.07, 6.45) is 3.50. The fourth-order valence-corrected chi connectivity index (χ4v) is 1.42. The van der Waals surface area contributed by atoms with Gasteiger partial charge in [0.15, 0.2) is 0 Å². The van der Waals surface area contributed by atoms with Gasteiger partial charge in [-0.3, -0.25) is 9.69 Å². The third kappa shape index (κ3) is 3.47.